The lowest BCUT2D eigenvalue weighted by Crippen LogP contribution is -2.08. The Morgan fingerprint density at radius 1 is 1.19 bits per heavy atom. The van der Waals surface area contributed by atoms with E-state index in [1.165, 1.54) is 0 Å². The molecule has 2 aromatic heterocycles. The fourth-order valence-electron chi connectivity index (χ4n) is 1.75. The van der Waals surface area contributed by atoms with Gasteiger partial charge in [-0.15, -0.1) is 11.3 Å². The fraction of sp³-hybridized carbons (Fsp3) is 0.571. The summed E-state index contributed by atoms with van der Waals surface area (Å²) in [5, 5.41) is 6.08. The first-order valence-corrected chi connectivity index (χ1v) is 7.91. The Hall–Kier alpha value is -1.44. The van der Waals surface area contributed by atoms with Crippen LogP contribution in [0.3, 0.4) is 0 Å². The molecule has 0 aliphatic rings. The molecule has 2 rings (SSSR count). The zero-order chi connectivity index (χ0) is 14.9. The van der Waals surface area contributed by atoms with Crippen LogP contribution >= 0.6 is 11.3 Å². The second-order valence-corrected chi connectivity index (χ2v) is 5.22. The Kier molecular flexibility index (Phi) is 6.65. The molecule has 0 aliphatic heterocycles. The van der Waals surface area contributed by atoms with Gasteiger partial charge < -0.3 is 19.5 Å². The monoisotopic (exact) mass is 311 g/mol. The zero-order valence-corrected chi connectivity index (χ0v) is 13.2. The molecule has 0 saturated heterocycles. The maximum absolute atomic E-state index is 5.78. The van der Waals surface area contributed by atoms with E-state index >= 15 is 0 Å². The number of aromatic nitrogens is 2. The quantitative estimate of drug-likeness (QED) is 0.680. The first-order chi connectivity index (χ1) is 10.3. The molecule has 0 amide bonds. The van der Waals surface area contributed by atoms with Crippen LogP contribution in [0.1, 0.15) is 13.3 Å². The summed E-state index contributed by atoms with van der Waals surface area (Å²) in [7, 11) is 1.66. The van der Waals surface area contributed by atoms with Crippen LogP contribution in [0, 0.1) is 0 Å². The molecule has 21 heavy (non-hydrogen) atoms. The maximum atomic E-state index is 5.78. The van der Waals surface area contributed by atoms with Gasteiger partial charge in [0.25, 0.3) is 0 Å². The van der Waals surface area contributed by atoms with Crippen molar-refractivity contribution in [1.29, 1.82) is 0 Å². The molecule has 2 aromatic rings. The molecule has 7 heteroatoms. The minimum Gasteiger partial charge on any atom is -0.477 e. The third-order valence-electron chi connectivity index (χ3n) is 2.73. The molecule has 0 bridgehead atoms. The second kappa shape index (κ2) is 8.76. The van der Waals surface area contributed by atoms with Crippen molar-refractivity contribution in [1.82, 2.24) is 9.97 Å². The largest absolute Gasteiger partial charge is 0.477 e. The van der Waals surface area contributed by atoms with Crippen LogP contribution in [-0.4, -0.2) is 50.1 Å². The van der Waals surface area contributed by atoms with Crippen LogP contribution in [0.5, 0.6) is 5.88 Å². The van der Waals surface area contributed by atoms with Crippen LogP contribution in [0.15, 0.2) is 11.4 Å². The first kappa shape index (κ1) is 15.9. The molecule has 0 spiro atoms. The summed E-state index contributed by atoms with van der Waals surface area (Å²) in [6.07, 6.45) is 0.815. The van der Waals surface area contributed by atoms with E-state index in [0.717, 1.165) is 23.2 Å². The topological polar surface area (TPSA) is 65.5 Å². The summed E-state index contributed by atoms with van der Waals surface area (Å²) in [5.74, 6) is 1.24. The molecular formula is C14H21N3O3S. The Labute approximate surface area is 128 Å². The molecule has 0 saturated carbocycles. The van der Waals surface area contributed by atoms with Crippen LogP contribution in [0.4, 0.5) is 5.95 Å². The third kappa shape index (κ3) is 4.80. The summed E-state index contributed by atoms with van der Waals surface area (Å²) in [4.78, 5) is 9.79. The molecule has 0 radical (unpaired) electrons. The molecule has 1 N–H and O–H groups in total. The van der Waals surface area contributed by atoms with Crippen molar-refractivity contribution in [2.24, 2.45) is 0 Å². The fourth-order valence-corrected chi connectivity index (χ4v) is 2.50. The lowest BCUT2D eigenvalue weighted by Gasteiger charge is -2.09. The Balaban J connectivity index is 1.87. The predicted molar refractivity (Wildman–Crippen MR) is 84.4 cm³/mol. The Morgan fingerprint density at radius 2 is 2.10 bits per heavy atom. The summed E-state index contributed by atoms with van der Waals surface area (Å²) in [6, 6.07) is 1.99. The number of nitrogens with one attached hydrogen (secondary N) is 1. The van der Waals surface area contributed by atoms with Gasteiger partial charge in [0.2, 0.25) is 11.8 Å². The van der Waals surface area contributed by atoms with Crippen LogP contribution in [0.25, 0.3) is 10.2 Å². The highest BCUT2D eigenvalue weighted by molar-refractivity contribution is 7.16. The number of rotatable bonds is 10. The van der Waals surface area contributed by atoms with Gasteiger partial charge in [0.05, 0.1) is 25.2 Å². The summed E-state index contributed by atoms with van der Waals surface area (Å²) < 4.78 is 16.1. The lowest BCUT2D eigenvalue weighted by atomic mass is 10.4. The number of thiophene rings is 1. The SMILES string of the molecule is CCNc1nc(OCCCOCCOC)c2ccsc2n1. The molecule has 116 valence electrons. The van der Waals surface area contributed by atoms with Gasteiger partial charge in [0, 0.05) is 26.7 Å². The molecule has 0 fully saturated rings. The number of methoxy groups -OCH3 is 1. The van der Waals surface area contributed by atoms with Gasteiger partial charge in [-0.3, -0.25) is 0 Å². The van der Waals surface area contributed by atoms with Gasteiger partial charge in [-0.05, 0) is 18.4 Å². The van der Waals surface area contributed by atoms with Crippen molar-refractivity contribution in [2.45, 2.75) is 13.3 Å². The average molecular weight is 311 g/mol. The molecule has 6 nitrogen and oxygen atoms in total. The van der Waals surface area contributed by atoms with Crippen LogP contribution in [-0.2, 0) is 9.47 Å². The first-order valence-electron chi connectivity index (χ1n) is 7.03. The van der Waals surface area contributed by atoms with Gasteiger partial charge in [0.1, 0.15) is 4.83 Å². The summed E-state index contributed by atoms with van der Waals surface area (Å²) >= 11 is 1.58. The van der Waals surface area contributed by atoms with Crippen molar-refractivity contribution in [3.63, 3.8) is 0 Å². The highest BCUT2D eigenvalue weighted by atomic mass is 32.1. The van der Waals surface area contributed by atoms with E-state index < -0.39 is 0 Å². The number of ether oxygens (including phenoxy) is 3. The third-order valence-corrected chi connectivity index (χ3v) is 3.54. The van der Waals surface area contributed by atoms with E-state index in [1.54, 1.807) is 18.4 Å². The van der Waals surface area contributed by atoms with E-state index in [1.807, 2.05) is 18.4 Å². The van der Waals surface area contributed by atoms with Gasteiger partial charge in [-0.25, -0.2) is 4.98 Å². The average Bonchev–Trinajstić information content (AvgIpc) is 2.95. The Morgan fingerprint density at radius 3 is 2.90 bits per heavy atom. The second-order valence-electron chi connectivity index (χ2n) is 4.33. The lowest BCUT2D eigenvalue weighted by molar-refractivity contribution is 0.0643. The van der Waals surface area contributed by atoms with Crippen molar-refractivity contribution in [3.05, 3.63) is 11.4 Å². The maximum Gasteiger partial charge on any atom is 0.227 e. The number of hydrogen-bond donors (Lipinski definition) is 1. The summed E-state index contributed by atoms with van der Waals surface area (Å²) in [5.41, 5.74) is 0. The van der Waals surface area contributed by atoms with E-state index in [0.29, 0.717) is 38.3 Å². The highest BCUT2D eigenvalue weighted by Crippen LogP contribution is 2.28. The highest BCUT2D eigenvalue weighted by Gasteiger charge is 2.09. The zero-order valence-electron chi connectivity index (χ0n) is 12.4. The molecular weight excluding hydrogens is 290 g/mol. The minimum absolute atomic E-state index is 0.570. The number of anilines is 1. The minimum atomic E-state index is 0.570. The predicted octanol–water partition coefficient (Wildman–Crippen LogP) is 2.56. The van der Waals surface area contributed by atoms with E-state index in [9.17, 15) is 0 Å². The van der Waals surface area contributed by atoms with Crippen molar-refractivity contribution >= 4 is 27.5 Å². The van der Waals surface area contributed by atoms with Gasteiger partial charge in [0.15, 0.2) is 0 Å². The van der Waals surface area contributed by atoms with Gasteiger partial charge in [-0.2, -0.15) is 4.98 Å². The number of hydrogen-bond acceptors (Lipinski definition) is 7. The number of nitrogens with zero attached hydrogens (tertiary/aromatic N) is 2. The summed E-state index contributed by atoms with van der Waals surface area (Å²) in [6.45, 7) is 5.25. The molecule has 0 aliphatic carbocycles. The van der Waals surface area contributed by atoms with Crippen LogP contribution in [0.2, 0.25) is 0 Å². The molecule has 0 aromatic carbocycles. The number of fused-ring (bicyclic) bond motifs is 1. The standard InChI is InChI=1S/C14H21N3O3S/c1-3-15-14-16-12(11-5-10-21-13(11)17-14)20-7-4-6-19-9-8-18-2/h5,10H,3-4,6-9H2,1-2H3,(H,15,16,17). The van der Waals surface area contributed by atoms with Crippen molar-refractivity contribution in [3.8, 4) is 5.88 Å². The van der Waals surface area contributed by atoms with E-state index in [2.05, 4.69) is 15.3 Å². The van der Waals surface area contributed by atoms with E-state index in [-0.39, 0.29) is 0 Å². The molecule has 0 atom stereocenters. The van der Waals surface area contributed by atoms with Gasteiger partial charge in [-0.1, -0.05) is 0 Å². The van der Waals surface area contributed by atoms with Gasteiger partial charge >= 0.3 is 0 Å². The van der Waals surface area contributed by atoms with E-state index in [4.69, 9.17) is 14.2 Å². The normalized spacial score (nSPS) is 11.0. The molecule has 2 heterocycles. The Bertz CT molecular complexity index is 547. The van der Waals surface area contributed by atoms with Crippen molar-refractivity contribution in [2.75, 3.05) is 45.4 Å². The molecule has 0 unspecified atom stereocenters. The van der Waals surface area contributed by atoms with Crippen molar-refractivity contribution < 1.29 is 14.2 Å². The smallest absolute Gasteiger partial charge is 0.227 e. The van der Waals surface area contributed by atoms with Crippen LogP contribution < -0.4 is 10.1 Å².